The number of rotatable bonds is 8. The minimum Gasteiger partial charge on any atom is -0.491 e. The molecule has 106 valence electrons. The Hall–Kier alpha value is -1.59. The van der Waals surface area contributed by atoms with E-state index in [1.165, 1.54) is 0 Å². The molecule has 1 atom stereocenters. The van der Waals surface area contributed by atoms with Crippen LogP contribution in [0.1, 0.15) is 24.2 Å². The van der Waals surface area contributed by atoms with Crippen LogP contribution in [0.3, 0.4) is 0 Å². The first-order valence-electron chi connectivity index (χ1n) is 6.33. The summed E-state index contributed by atoms with van der Waals surface area (Å²) in [6.45, 7) is 4.93. The summed E-state index contributed by atoms with van der Waals surface area (Å²) in [6.07, 6.45) is -0.662. The molecule has 1 aromatic carbocycles. The van der Waals surface area contributed by atoms with Crippen LogP contribution in [-0.4, -0.2) is 43.6 Å². The summed E-state index contributed by atoms with van der Waals surface area (Å²) in [5, 5.41) is 9.53. The molecule has 0 saturated heterocycles. The van der Waals surface area contributed by atoms with E-state index in [9.17, 15) is 9.90 Å². The van der Waals surface area contributed by atoms with E-state index in [-0.39, 0.29) is 19.2 Å². The first-order chi connectivity index (χ1) is 9.17. The van der Waals surface area contributed by atoms with Gasteiger partial charge in [-0.2, -0.15) is 0 Å². The lowest BCUT2D eigenvalue weighted by Gasteiger charge is -2.12. The van der Waals surface area contributed by atoms with Crippen molar-refractivity contribution in [2.24, 2.45) is 0 Å². The Morgan fingerprint density at radius 2 is 1.84 bits per heavy atom. The van der Waals surface area contributed by atoms with Gasteiger partial charge in [0.15, 0.2) is 0 Å². The highest BCUT2D eigenvalue weighted by molar-refractivity contribution is 5.89. The van der Waals surface area contributed by atoms with Gasteiger partial charge in [0.05, 0.1) is 18.8 Å². The van der Waals surface area contributed by atoms with Crippen LogP contribution in [0.4, 0.5) is 0 Å². The number of carbonyl (C=O) groups excluding carboxylic acids is 1. The van der Waals surface area contributed by atoms with Crippen molar-refractivity contribution in [1.82, 2.24) is 0 Å². The first-order valence-corrected chi connectivity index (χ1v) is 6.33. The fourth-order valence-corrected chi connectivity index (χ4v) is 1.40. The van der Waals surface area contributed by atoms with Crippen LogP contribution >= 0.6 is 0 Å². The molecule has 0 spiro atoms. The fraction of sp³-hybridized carbons (Fsp3) is 0.500. The van der Waals surface area contributed by atoms with Gasteiger partial charge >= 0.3 is 5.97 Å². The summed E-state index contributed by atoms with van der Waals surface area (Å²) in [4.78, 5) is 11.4. The van der Waals surface area contributed by atoms with E-state index in [0.29, 0.717) is 24.5 Å². The predicted octanol–water partition coefficient (Wildman–Crippen LogP) is 1.64. The van der Waals surface area contributed by atoms with E-state index in [1.54, 1.807) is 31.2 Å². The molecule has 0 amide bonds. The monoisotopic (exact) mass is 268 g/mol. The Kier molecular flexibility index (Phi) is 6.92. The Balaban J connectivity index is 2.41. The van der Waals surface area contributed by atoms with Gasteiger partial charge < -0.3 is 19.3 Å². The lowest BCUT2D eigenvalue weighted by atomic mass is 10.2. The minimum atomic E-state index is -0.662. The number of benzene rings is 1. The zero-order valence-electron chi connectivity index (χ0n) is 11.3. The molecule has 5 heteroatoms. The third-order valence-corrected chi connectivity index (χ3v) is 2.32. The maximum atomic E-state index is 11.4. The van der Waals surface area contributed by atoms with E-state index in [0.717, 1.165) is 0 Å². The lowest BCUT2D eigenvalue weighted by Crippen LogP contribution is -2.23. The van der Waals surface area contributed by atoms with Gasteiger partial charge in [-0.1, -0.05) is 0 Å². The fourth-order valence-electron chi connectivity index (χ4n) is 1.40. The number of aliphatic hydroxyl groups is 1. The van der Waals surface area contributed by atoms with Crippen molar-refractivity contribution in [3.8, 4) is 5.75 Å². The molecule has 0 aromatic heterocycles. The number of carbonyl (C=O) groups is 1. The molecule has 0 radical (unpaired) electrons. The van der Waals surface area contributed by atoms with Crippen LogP contribution in [0.5, 0.6) is 5.75 Å². The quantitative estimate of drug-likeness (QED) is 0.726. The smallest absolute Gasteiger partial charge is 0.338 e. The van der Waals surface area contributed by atoms with Crippen LogP contribution in [0, 0.1) is 0 Å². The number of aliphatic hydroxyl groups excluding tert-OH is 1. The Labute approximate surface area is 113 Å². The van der Waals surface area contributed by atoms with Gasteiger partial charge in [-0.3, -0.25) is 0 Å². The van der Waals surface area contributed by atoms with Crippen molar-refractivity contribution < 1.29 is 24.1 Å². The average Bonchev–Trinajstić information content (AvgIpc) is 2.43. The minimum absolute atomic E-state index is 0.152. The lowest BCUT2D eigenvalue weighted by molar-refractivity contribution is 0.0164. The van der Waals surface area contributed by atoms with E-state index in [1.807, 2.05) is 6.92 Å². The molecule has 0 saturated carbocycles. The highest BCUT2D eigenvalue weighted by Gasteiger charge is 2.08. The number of ether oxygens (including phenoxy) is 3. The molecule has 19 heavy (non-hydrogen) atoms. The van der Waals surface area contributed by atoms with Gasteiger partial charge in [0, 0.05) is 6.61 Å². The Morgan fingerprint density at radius 3 is 2.42 bits per heavy atom. The molecular formula is C14H20O5. The summed E-state index contributed by atoms with van der Waals surface area (Å²) < 4.78 is 15.3. The zero-order chi connectivity index (χ0) is 14.1. The Bertz CT molecular complexity index is 374. The van der Waals surface area contributed by atoms with Crippen LogP contribution in [-0.2, 0) is 9.47 Å². The van der Waals surface area contributed by atoms with Gasteiger partial charge in [0.25, 0.3) is 0 Å². The maximum Gasteiger partial charge on any atom is 0.338 e. The van der Waals surface area contributed by atoms with E-state index < -0.39 is 6.10 Å². The molecule has 1 N–H and O–H groups in total. The van der Waals surface area contributed by atoms with Crippen LogP contribution in [0.15, 0.2) is 24.3 Å². The molecule has 1 aromatic rings. The van der Waals surface area contributed by atoms with E-state index in [2.05, 4.69) is 0 Å². The highest BCUT2D eigenvalue weighted by atomic mass is 16.5. The molecule has 5 nitrogen and oxygen atoms in total. The summed E-state index contributed by atoms with van der Waals surface area (Å²) in [7, 11) is 0. The summed E-state index contributed by atoms with van der Waals surface area (Å²) in [6, 6.07) is 6.59. The average molecular weight is 268 g/mol. The molecule has 0 bridgehead atoms. The SMILES string of the molecule is CCOCC(O)COc1ccc(C(=O)OCC)cc1. The Morgan fingerprint density at radius 1 is 1.16 bits per heavy atom. The van der Waals surface area contributed by atoms with Crippen molar-refractivity contribution in [2.45, 2.75) is 20.0 Å². The largest absolute Gasteiger partial charge is 0.491 e. The van der Waals surface area contributed by atoms with Crippen LogP contribution in [0.25, 0.3) is 0 Å². The second-order valence-corrected chi connectivity index (χ2v) is 3.87. The van der Waals surface area contributed by atoms with Crippen LogP contribution < -0.4 is 4.74 Å². The van der Waals surface area contributed by atoms with Gasteiger partial charge in [-0.15, -0.1) is 0 Å². The second kappa shape index (κ2) is 8.50. The third-order valence-electron chi connectivity index (χ3n) is 2.32. The summed E-state index contributed by atoms with van der Waals surface area (Å²) >= 11 is 0. The molecule has 0 fully saturated rings. The number of esters is 1. The molecule has 1 unspecified atom stereocenters. The summed E-state index contributed by atoms with van der Waals surface area (Å²) in [5.41, 5.74) is 0.476. The third kappa shape index (κ3) is 5.72. The highest BCUT2D eigenvalue weighted by Crippen LogP contribution is 2.13. The normalized spacial score (nSPS) is 11.9. The number of hydrogen-bond acceptors (Lipinski definition) is 5. The van der Waals surface area contributed by atoms with Gasteiger partial charge in [0.2, 0.25) is 0 Å². The van der Waals surface area contributed by atoms with E-state index in [4.69, 9.17) is 14.2 Å². The van der Waals surface area contributed by atoms with Crippen molar-refractivity contribution in [2.75, 3.05) is 26.4 Å². The molecule has 0 aliphatic carbocycles. The molecule has 0 aliphatic heterocycles. The van der Waals surface area contributed by atoms with Crippen molar-refractivity contribution in [3.63, 3.8) is 0 Å². The molecule has 0 aliphatic rings. The zero-order valence-corrected chi connectivity index (χ0v) is 11.3. The standard InChI is InChI=1S/C14H20O5/c1-3-17-9-12(15)10-19-13-7-5-11(6-8-13)14(16)18-4-2/h5-8,12,15H,3-4,9-10H2,1-2H3. The predicted molar refractivity (Wildman–Crippen MR) is 70.4 cm³/mol. The molecule has 0 heterocycles. The maximum absolute atomic E-state index is 11.4. The number of hydrogen-bond donors (Lipinski definition) is 1. The second-order valence-electron chi connectivity index (χ2n) is 3.87. The van der Waals surface area contributed by atoms with Gasteiger partial charge in [-0.25, -0.2) is 4.79 Å². The van der Waals surface area contributed by atoms with Crippen molar-refractivity contribution in [1.29, 1.82) is 0 Å². The topological polar surface area (TPSA) is 65.0 Å². The summed E-state index contributed by atoms with van der Waals surface area (Å²) in [5.74, 6) is 0.231. The first kappa shape index (κ1) is 15.5. The van der Waals surface area contributed by atoms with Crippen molar-refractivity contribution >= 4 is 5.97 Å². The molecule has 1 rings (SSSR count). The van der Waals surface area contributed by atoms with Gasteiger partial charge in [0.1, 0.15) is 18.5 Å². The molecular weight excluding hydrogens is 248 g/mol. The van der Waals surface area contributed by atoms with Crippen LogP contribution in [0.2, 0.25) is 0 Å². The van der Waals surface area contributed by atoms with E-state index >= 15 is 0 Å². The van der Waals surface area contributed by atoms with Crippen molar-refractivity contribution in [3.05, 3.63) is 29.8 Å². The van der Waals surface area contributed by atoms with Gasteiger partial charge in [-0.05, 0) is 38.1 Å².